The second-order valence-electron chi connectivity index (χ2n) is 8.57. The molecule has 4 rings (SSSR count). The van der Waals surface area contributed by atoms with Gasteiger partial charge in [-0.25, -0.2) is 0 Å². The number of nitrogens with one attached hydrogen (secondary N) is 1. The lowest BCUT2D eigenvalue weighted by Gasteiger charge is -2.45. The van der Waals surface area contributed by atoms with Gasteiger partial charge in [-0.3, -0.25) is 4.79 Å². The minimum atomic E-state index is -0.0157. The zero-order chi connectivity index (χ0) is 18.8. The molecule has 28 heavy (non-hydrogen) atoms. The molecule has 1 aromatic rings. The lowest BCUT2D eigenvalue weighted by molar-refractivity contribution is 0.0755. The first-order chi connectivity index (χ1) is 13.1. The Bertz CT molecular complexity index is 664. The van der Waals surface area contributed by atoms with Gasteiger partial charge in [0.2, 0.25) is 0 Å². The number of methoxy groups -OCH3 is 1. The first kappa shape index (κ1) is 21.3. The van der Waals surface area contributed by atoms with E-state index in [0.717, 1.165) is 31.4 Å². The highest BCUT2D eigenvalue weighted by molar-refractivity contribution is 5.95. The zero-order valence-corrected chi connectivity index (χ0v) is 17.5. The topological polar surface area (TPSA) is 73.6 Å². The van der Waals surface area contributed by atoms with E-state index in [1.54, 1.807) is 7.11 Å². The van der Waals surface area contributed by atoms with Crippen LogP contribution in [0.1, 0.15) is 68.1 Å². The number of carbonyl (C=O) groups is 1. The van der Waals surface area contributed by atoms with Gasteiger partial charge in [-0.05, 0) is 81.4 Å². The summed E-state index contributed by atoms with van der Waals surface area (Å²) in [7, 11) is 1.63. The number of ether oxygens (including phenoxy) is 2. The average Bonchev–Trinajstić information content (AvgIpc) is 3.16. The molecule has 3 N–H and O–H groups in total. The minimum absolute atomic E-state index is 0. The third-order valence-electron chi connectivity index (χ3n) is 6.70. The SMILES string of the molecule is COc1cc(C(=O)NC2C3CCCC2CC(N)C3)ccc1OC1CCCC1.Cl. The van der Waals surface area contributed by atoms with E-state index >= 15 is 0 Å². The van der Waals surface area contributed by atoms with Crippen molar-refractivity contribution in [2.75, 3.05) is 7.11 Å². The summed E-state index contributed by atoms with van der Waals surface area (Å²) in [6.45, 7) is 0. The molecule has 1 aromatic carbocycles. The smallest absolute Gasteiger partial charge is 0.251 e. The Morgan fingerprint density at radius 1 is 1.04 bits per heavy atom. The summed E-state index contributed by atoms with van der Waals surface area (Å²) in [6.07, 6.45) is 10.6. The van der Waals surface area contributed by atoms with Crippen molar-refractivity contribution in [1.82, 2.24) is 5.32 Å². The van der Waals surface area contributed by atoms with E-state index in [1.807, 2.05) is 18.2 Å². The molecule has 0 saturated heterocycles. The largest absolute Gasteiger partial charge is 0.493 e. The van der Waals surface area contributed by atoms with Gasteiger partial charge < -0.3 is 20.5 Å². The van der Waals surface area contributed by atoms with Gasteiger partial charge in [0, 0.05) is 17.6 Å². The Kier molecular flexibility index (Phi) is 7.10. The normalized spacial score (nSPS) is 29.6. The van der Waals surface area contributed by atoms with Crippen LogP contribution >= 0.6 is 12.4 Å². The molecule has 2 atom stereocenters. The molecule has 2 unspecified atom stereocenters. The summed E-state index contributed by atoms with van der Waals surface area (Å²) in [5.74, 6) is 2.39. The number of benzene rings is 1. The Hall–Kier alpha value is -1.46. The molecule has 0 spiro atoms. The van der Waals surface area contributed by atoms with E-state index in [4.69, 9.17) is 15.2 Å². The molecule has 6 heteroatoms. The van der Waals surface area contributed by atoms with Gasteiger partial charge in [-0.15, -0.1) is 12.4 Å². The van der Waals surface area contributed by atoms with Crippen molar-refractivity contribution < 1.29 is 14.3 Å². The van der Waals surface area contributed by atoms with E-state index in [9.17, 15) is 4.79 Å². The van der Waals surface area contributed by atoms with Crippen LogP contribution in [0.4, 0.5) is 0 Å². The number of hydrogen-bond donors (Lipinski definition) is 2. The summed E-state index contributed by atoms with van der Waals surface area (Å²) >= 11 is 0. The molecular weight excluding hydrogens is 376 g/mol. The fraction of sp³-hybridized carbons (Fsp3) is 0.682. The number of rotatable bonds is 5. The number of halogens is 1. The molecule has 5 nitrogen and oxygen atoms in total. The van der Waals surface area contributed by atoms with Gasteiger partial charge >= 0.3 is 0 Å². The third-order valence-corrected chi connectivity index (χ3v) is 6.70. The highest BCUT2D eigenvalue weighted by atomic mass is 35.5. The van der Waals surface area contributed by atoms with Crippen LogP contribution < -0.4 is 20.5 Å². The van der Waals surface area contributed by atoms with Crippen molar-refractivity contribution in [3.05, 3.63) is 23.8 Å². The van der Waals surface area contributed by atoms with Crippen molar-refractivity contribution in [1.29, 1.82) is 0 Å². The molecule has 0 aliphatic heterocycles. The van der Waals surface area contributed by atoms with Crippen LogP contribution in [0.15, 0.2) is 18.2 Å². The summed E-state index contributed by atoms with van der Waals surface area (Å²) in [5, 5.41) is 3.31. The third kappa shape index (κ3) is 4.57. The number of carbonyl (C=O) groups excluding carboxylic acids is 1. The minimum Gasteiger partial charge on any atom is -0.493 e. The molecule has 0 aromatic heterocycles. The van der Waals surface area contributed by atoms with Crippen LogP contribution in [0.3, 0.4) is 0 Å². The molecular formula is C22H33ClN2O3. The van der Waals surface area contributed by atoms with E-state index in [1.165, 1.54) is 32.1 Å². The van der Waals surface area contributed by atoms with Gasteiger partial charge in [0.25, 0.3) is 5.91 Å². The van der Waals surface area contributed by atoms with E-state index in [0.29, 0.717) is 29.2 Å². The number of hydrogen-bond acceptors (Lipinski definition) is 4. The predicted octanol–water partition coefficient (Wildman–Crippen LogP) is 4.07. The summed E-state index contributed by atoms with van der Waals surface area (Å²) in [6, 6.07) is 6.09. The lowest BCUT2D eigenvalue weighted by Crippen LogP contribution is -2.53. The molecule has 3 aliphatic rings. The number of amides is 1. The maximum absolute atomic E-state index is 12.9. The average molecular weight is 409 g/mol. The zero-order valence-electron chi connectivity index (χ0n) is 16.7. The number of nitrogens with two attached hydrogens (primary N) is 1. The van der Waals surface area contributed by atoms with Gasteiger partial charge in [-0.2, -0.15) is 0 Å². The number of fused-ring (bicyclic) bond motifs is 2. The Labute approximate surface area is 174 Å². The van der Waals surface area contributed by atoms with Gasteiger partial charge in [-0.1, -0.05) is 6.42 Å². The van der Waals surface area contributed by atoms with E-state index < -0.39 is 0 Å². The van der Waals surface area contributed by atoms with E-state index in [2.05, 4.69) is 5.32 Å². The summed E-state index contributed by atoms with van der Waals surface area (Å²) in [5.41, 5.74) is 6.85. The van der Waals surface area contributed by atoms with Gasteiger partial charge in [0.1, 0.15) is 0 Å². The highest BCUT2D eigenvalue weighted by Gasteiger charge is 2.40. The molecule has 3 saturated carbocycles. The predicted molar refractivity (Wildman–Crippen MR) is 112 cm³/mol. The maximum Gasteiger partial charge on any atom is 0.251 e. The van der Waals surface area contributed by atoms with Gasteiger partial charge in [0.05, 0.1) is 13.2 Å². The highest BCUT2D eigenvalue weighted by Crippen LogP contribution is 2.40. The second kappa shape index (κ2) is 9.36. The second-order valence-corrected chi connectivity index (χ2v) is 8.57. The fourth-order valence-electron chi connectivity index (χ4n) is 5.35. The molecule has 3 aliphatic carbocycles. The molecule has 156 valence electrons. The standard InChI is InChI=1S/C22H32N2O3.ClH/c1-26-20-13-16(9-10-19(20)27-18-7-2-3-8-18)22(25)24-21-14-5-4-6-15(21)12-17(23)11-14;/h9-10,13-15,17-18,21H,2-8,11-12,23H2,1H3,(H,24,25);1H. The Morgan fingerprint density at radius 3 is 2.36 bits per heavy atom. The van der Waals surface area contributed by atoms with Crippen LogP contribution in [0, 0.1) is 11.8 Å². The van der Waals surface area contributed by atoms with Crippen LogP contribution in [0.25, 0.3) is 0 Å². The van der Waals surface area contributed by atoms with Crippen LogP contribution in [0.2, 0.25) is 0 Å². The van der Waals surface area contributed by atoms with Gasteiger partial charge in [0.15, 0.2) is 11.5 Å². The van der Waals surface area contributed by atoms with Crippen molar-refractivity contribution in [3.8, 4) is 11.5 Å². The molecule has 2 bridgehead atoms. The van der Waals surface area contributed by atoms with E-state index in [-0.39, 0.29) is 30.5 Å². The van der Waals surface area contributed by atoms with Crippen LogP contribution in [-0.2, 0) is 0 Å². The first-order valence-electron chi connectivity index (χ1n) is 10.5. The van der Waals surface area contributed by atoms with Crippen molar-refractivity contribution in [2.24, 2.45) is 17.6 Å². The molecule has 3 fully saturated rings. The monoisotopic (exact) mass is 408 g/mol. The van der Waals surface area contributed by atoms with Crippen LogP contribution in [0.5, 0.6) is 11.5 Å². The van der Waals surface area contributed by atoms with Crippen molar-refractivity contribution >= 4 is 18.3 Å². The molecule has 1 amide bonds. The molecule has 0 heterocycles. The Morgan fingerprint density at radius 2 is 1.71 bits per heavy atom. The Balaban J connectivity index is 0.00000225. The van der Waals surface area contributed by atoms with Crippen molar-refractivity contribution in [3.63, 3.8) is 0 Å². The van der Waals surface area contributed by atoms with Crippen molar-refractivity contribution in [2.45, 2.75) is 76.0 Å². The first-order valence-corrected chi connectivity index (χ1v) is 10.5. The maximum atomic E-state index is 12.9. The fourth-order valence-corrected chi connectivity index (χ4v) is 5.35. The molecule has 0 radical (unpaired) electrons. The summed E-state index contributed by atoms with van der Waals surface area (Å²) < 4.78 is 11.6. The lowest BCUT2D eigenvalue weighted by atomic mass is 9.67. The summed E-state index contributed by atoms with van der Waals surface area (Å²) in [4.78, 5) is 12.9. The quantitative estimate of drug-likeness (QED) is 0.770. The van der Waals surface area contributed by atoms with Crippen LogP contribution in [-0.4, -0.2) is 31.2 Å².